The van der Waals surface area contributed by atoms with E-state index in [9.17, 15) is 0 Å². The van der Waals surface area contributed by atoms with E-state index < -0.39 is 7.82 Å². The fraction of sp³-hybridized carbons (Fsp3) is 0. The van der Waals surface area contributed by atoms with Gasteiger partial charge < -0.3 is 14.7 Å². The van der Waals surface area contributed by atoms with Gasteiger partial charge >= 0.3 is 7.82 Å². The topological polar surface area (TPSA) is 77.8 Å². The summed E-state index contributed by atoms with van der Waals surface area (Å²) in [7, 11) is -4.64. The quantitative estimate of drug-likeness (QED) is 0.382. The van der Waals surface area contributed by atoms with Crippen molar-refractivity contribution in [2.75, 3.05) is 0 Å². The predicted molar refractivity (Wildman–Crippen MR) is 14.3 cm³/mol. The third-order valence-corrected chi connectivity index (χ3v) is 0. The molecule has 0 atom stereocenters. The first-order valence-electron chi connectivity index (χ1n) is 0.783. The molecule has 0 saturated heterocycles. The first kappa shape index (κ1) is 10.1. The van der Waals surface area contributed by atoms with Gasteiger partial charge in [-0.25, -0.2) is 4.57 Å². The fourth-order valence-electron chi connectivity index (χ4n) is 0. The molecule has 0 fully saturated rings. The summed E-state index contributed by atoms with van der Waals surface area (Å²) in [6, 6.07) is 0. The predicted octanol–water partition coefficient (Wildman–Crippen LogP) is -0.931. The molecule has 0 aromatic rings. The Labute approximate surface area is 53.2 Å². The van der Waals surface area contributed by atoms with Crippen LogP contribution in [0, 0.1) is 0 Å². The molecule has 0 bridgehead atoms. The molecule has 6 heteroatoms. The van der Waals surface area contributed by atoms with Crippen molar-refractivity contribution in [3.63, 3.8) is 0 Å². The monoisotopic (exact) mass is 143 g/mol. The minimum Gasteiger partial charge on any atom is -0.303 e. The van der Waals surface area contributed by atoms with Crippen molar-refractivity contribution >= 4 is 7.82 Å². The first-order valence-corrected chi connectivity index (χ1v) is 2.35. The standard InChI is InChI=1S/H3O4P.Sc/c1-5(2,3)4;/h(H3,1,2,3,4);. The van der Waals surface area contributed by atoms with Crippen LogP contribution >= 0.6 is 7.82 Å². The zero-order valence-electron chi connectivity index (χ0n) is 2.77. The summed E-state index contributed by atoms with van der Waals surface area (Å²) in [4.78, 5) is 21.6. The minimum atomic E-state index is -4.64. The van der Waals surface area contributed by atoms with Gasteiger partial charge in [0.2, 0.25) is 0 Å². The molecule has 0 aliphatic heterocycles. The average molecular weight is 143 g/mol. The maximum atomic E-state index is 8.88. The van der Waals surface area contributed by atoms with Gasteiger partial charge in [-0.2, -0.15) is 0 Å². The summed E-state index contributed by atoms with van der Waals surface area (Å²) in [5.41, 5.74) is 0. The molecule has 0 rings (SSSR count). The number of hydrogen-bond acceptors (Lipinski definition) is 1. The molecule has 3 N–H and O–H groups in total. The second-order valence-electron chi connectivity index (χ2n) is 0.513. The van der Waals surface area contributed by atoms with Crippen LogP contribution in [0.5, 0.6) is 0 Å². The van der Waals surface area contributed by atoms with Crippen LogP contribution in [0.25, 0.3) is 0 Å². The second-order valence-corrected chi connectivity index (χ2v) is 1.54. The first-order chi connectivity index (χ1) is 2.00. The van der Waals surface area contributed by atoms with E-state index in [-0.39, 0.29) is 25.8 Å². The molecule has 4 nitrogen and oxygen atoms in total. The Morgan fingerprint density at radius 2 is 1.17 bits per heavy atom. The molecule has 0 spiro atoms. The number of phosphoric acid groups is 1. The minimum absolute atomic E-state index is 0. The number of rotatable bonds is 0. The molecule has 0 aliphatic carbocycles. The van der Waals surface area contributed by atoms with Crippen LogP contribution in [0.2, 0.25) is 0 Å². The summed E-state index contributed by atoms with van der Waals surface area (Å²) in [5, 5.41) is 0. The Morgan fingerprint density at radius 1 is 1.17 bits per heavy atom. The van der Waals surface area contributed by atoms with E-state index in [1.54, 1.807) is 0 Å². The summed E-state index contributed by atoms with van der Waals surface area (Å²) in [6.07, 6.45) is 0. The summed E-state index contributed by atoms with van der Waals surface area (Å²) < 4.78 is 8.88. The van der Waals surface area contributed by atoms with Crippen LogP contribution in [0.4, 0.5) is 0 Å². The van der Waals surface area contributed by atoms with Crippen LogP contribution in [-0.4, -0.2) is 14.7 Å². The Morgan fingerprint density at radius 3 is 1.17 bits per heavy atom. The Balaban J connectivity index is 0. The van der Waals surface area contributed by atoms with Gasteiger partial charge in [-0.15, -0.1) is 0 Å². The largest absolute Gasteiger partial charge is 0.466 e. The van der Waals surface area contributed by atoms with E-state index in [4.69, 9.17) is 19.2 Å². The molecular weight excluding hydrogens is 140 g/mol. The van der Waals surface area contributed by atoms with Crippen LogP contribution in [0.15, 0.2) is 0 Å². The smallest absolute Gasteiger partial charge is 0.303 e. The maximum Gasteiger partial charge on any atom is 0.466 e. The van der Waals surface area contributed by atoms with E-state index >= 15 is 0 Å². The van der Waals surface area contributed by atoms with Crippen molar-refractivity contribution in [1.29, 1.82) is 0 Å². The van der Waals surface area contributed by atoms with Crippen LogP contribution in [-0.2, 0) is 30.4 Å². The number of hydrogen-bond donors (Lipinski definition) is 3. The van der Waals surface area contributed by atoms with E-state index in [1.165, 1.54) is 0 Å². The molecule has 1 radical (unpaired) electrons. The Bertz CT molecular complexity index is 53.7. The zero-order chi connectivity index (χ0) is 4.50. The second kappa shape index (κ2) is 3.04. The van der Waals surface area contributed by atoms with Gasteiger partial charge in [0.05, 0.1) is 0 Å². The van der Waals surface area contributed by atoms with Gasteiger partial charge in [-0.3, -0.25) is 0 Å². The van der Waals surface area contributed by atoms with Crippen molar-refractivity contribution in [1.82, 2.24) is 0 Å². The van der Waals surface area contributed by atoms with E-state index in [1.807, 2.05) is 0 Å². The SMILES string of the molecule is O=P(O)(O)O.[Sc]. The van der Waals surface area contributed by atoms with E-state index in [2.05, 4.69) is 0 Å². The summed E-state index contributed by atoms with van der Waals surface area (Å²) in [6.45, 7) is 0. The molecule has 0 aromatic carbocycles. The Kier molecular flexibility index (Phi) is 5.11. The van der Waals surface area contributed by atoms with Crippen molar-refractivity contribution < 1.29 is 45.1 Å². The molecular formula is H3O4PSc. The third kappa shape index (κ3) is 82.1. The molecule has 6 heavy (non-hydrogen) atoms. The van der Waals surface area contributed by atoms with E-state index in [0.29, 0.717) is 0 Å². The van der Waals surface area contributed by atoms with E-state index in [0.717, 1.165) is 0 Å². The molecule has 0 aliphatic rings. The molecule has 0 unspecified atom stereocenters. The zero-order valence-corrected chi connectivity index (χ0v) is 5.47. The van der Waals surface area contributed by atoms with Crippen LogP contribution in [0.3, 0.4) is 0 Å². The fourth-order valence-corrected chi connectivity index (χ4v) is 0. The summed E-state index contributed by atoms with van der Waals surface area (Å²) in [5.74, 6) is 0. The van der Waals surface area contributed by atoms with Crippen LogP contribution in [0.1, 0.15) is 0 Å². The molecule has 35 valence electrons. The third-order valence-electron chi connectivity index (χ3n) is 0. The Hall–Kier alpha value is 0.980. The van der Waals surface area contributed by atoms with Gasteiger partial charge in [-0.1, -0.05) is 0 Å². The van der Waals surface area contributed by atoms with Gasteiger partial charge in [0.15, 0.2) is 0 Å². The molecule has 0 amide bonds. The van der Waals surface area contributed by atoms with Crippen molar-refractivity contribution in [3.8, 4) is 0 Å². The van der Waals surface area contributed by atoms with Crippen molar-refractivity contribution in [2.45, 2.75) is 0 Å². The normalized spacial score (nSPS) is 9.83. The average Bonchev–Trinajstić information content (AvgIpc) is 0.722. The van der Waals surface area contributed by atoms with Gasteiger partial charge in [0.25, 0.3) is 0 Å². The molecule has 0 saturated carbocycles. The van der Waals surface area contributed by atoms with Gasteiger partial charge in [0.1, 0.15) is 0 Å². The van der Waals surface area contributed by atoms with Gasteiger partial charge in [-0.05, 0) is 0 Å². The maximum absolute atomic E-state index is 8.88. The summed E-state index contributed by atoms with van der Waals surface area (Å²) >= 11 is 0. The molecule has 0 aromatic heterocycles. The van der Waals surface area contributed by atoms with Crippen molar-refractivity contribution in [3.05, 3.63) is 0 Å². The van der Waals surface area contributed by atoms with Gasteiger partial charge in [0, 0.05) is 25.8 Å². The van der Waals surface area contributed by atoms with Crippen molar-refractivity contribution in [2.24, 2.45) is 0 Å². The molecule has 0 heterocycles. The van der Waals surface area contributed by atoms with Crippen LogP contribution < -0.4 is 0 Å².